The summed E-state index contributed by atoms with van der Waals surface area (Å²) in [5.74, 6) is -0.470. The summed E-state index contributed by atoms with van der Waals surface area (Å²) in [6, 6.07) is 12.3. The van der Waals surface area contributed by atoms with Crippen molar-refractivity contribution in [3.63, 3.8) is 0 Å². The van der Waals surface area contributed by atoms with Crippen LogP contribution < -0.4 is 0 Å². The van der Waals surface area contributed by atoms with Gasteiger partial charge in [-0.1, -0.05) is 23.7 Å². The lowest BCUT2D eigenvalue weighted by Gasteiger charge is -2.24. The third kappa shape index (κ3) is 6.71. The van der Waals surface area contributed by atoms with Gasteiger partial charge in [0.2, 0.25) is 10.0 Å². The van der Waals surface area contributed by atoms with Crippen LogP contribution in [0.25, 0.3) is 0 Å². The first-order valence-electron chi connectivity index (χ1n) is 10.3. The van der Waals surface area contributed by atoms with E-state index in [0.29, 0.717) is 44.2 Å². The molecule has 0 radical (unpaired) electrons. The molecular formula is C22H28ClFN2O4S. The standard InChI is InChI=1S/C22H28ClFN2O4S/c1-17(18-3-5-19(23)6-4-18)30-16-21(27)15-25-11-2-12-26(14-13-25)31(28,29)22-9-7-20(24)8-10-22/h3-10,17,21,27H,2,11-16H2,1H3/t17-,21+/m0/s1. The van der Waals surface area contributed by atoms with Crippen LogP contribution >= 0.6 is 11.6 Å². The van der Waals surface area contributed by atoms with Crippen molar-refractivity contribution in [1.29, 1.82) is 0 Å². The summed E-state index contributed by atoms with van der Waals surface area (Å²) in [6.07, 6.45) is -0.211. The Bertz CT molecular complexity index is 941. The molecule has 1 aliphatic heterocycles. The second-order valence-corrected chi connectivity index (χ2v) is 10.1. The van der Waals surface area contributed by atoms with Crippen molar-refractivity contribution in [2.24, 2.45) is 0 Å². The van der Waals surface area contributed by atoms with Gasteiger partial charge in [0, 0.05) is 31.2 Å². The zero-order valence-corrected chi connectivity index (χ0v) is 19.0. The van der Waals surface area contributed by atoms with Crippen molar-refractivity contribution >= 4 is 21.6 Å². The van der Waals surface area contributed by atoms with Gasteiger partial charge in [-0.05, 0) is 61.9 Å². The third-order valence-electron chi connectivity index (χ3n) is 5.35. The van der Waals surface area contributed by atoms with E-state index in [1.165, 1.54) is 16.4 Å². The van der Waals surface area contributed by atoms with Crippen LogP contribution in [0.1, 0.15) is 25.0 Å². The van der Waals surface area contributed by atoms with E-state index in [0.717, 1.165) is 17.7 Å². The minimum absolute atomic E-state index is 0.0898. The normalized spacial score (nSPS) is 18.5. The molecule has 0 saturated carbocycles. The summed E-state index contributed by atoms with van der Waals surface area (Å²) in [4.78, 5) is 2.13. The molecule has 1 aliphatic rings. The van der Waals surface area contributed by atoms with Crippen LogP contribution in [-0.2, 0) is 14.8 Å². The Morgan fingerprint density at radius 1 is 1.06 bits per heavy atom. The predicted octanol–water partition coefficient (Wildman–Crippen LogP) is 3.31. The van der Waals surface area contributed by atoms with Crippen molar-refractivity contribution in [2.45, 2.75) is 30.4 Å². The van der Waals surface area contributed by atoms with Crippen LogP contribution in [0.2, 0.25) is 5.02 Å². The van der Waals surface area contributed by atoms with E-state index < -0.39 is 21.9 Å². The molecule has 6 nitrogen and oxygen atoms in total. The van der Waals surface area contributed by atoms with E-state index in [2.05, 4.69) is 0 Å². The molecular weight excluding hydrogens is 443 g/mol. The average molecular weight is 471 g/mol. The first kappa shape index (κ1) is 24.1. The minimum Gasteiger partial charge on any atom is -0.389 e. The number of nitrogens with zero attached hydrogens (tertiary/aromatic N) is 2. The zero-order chi connectivity index (χ0) is 22.4. The maximum absolute atomic E-state index is 13.1. The summed E-state index contributed by atoms with van der Waals surface area (Å²) in [5, 5.41) is 11.1. The van der Waals surface area contributed by atoms with E-state index in [4.69, 9.17) is 16.3 Å². The lowest BCUT2D eigenvalue weighted by Crippen LogP contribution is -2.39. The Morgan fingerprint density at radius 3 is 2.42 bits per heavy atom. The monoisotopic (exact) mass is 470 g/mol. The fraction of sp³-hybridized carbons (Fsp3) is 0.455. The number of β-amino-alcohol motifs (C(OH)–C–C–N with tert-alkyl or cyclic N) is 1. The summed E-state index contributed by atoms with van der Waals surface area (Å²) in [6.45, 7) is 4.38. The number of rotatable bonds is 8. The number of sulfonamides is 1. The maximum atomic E-state index is 13.1. The quantitative estimate of drug-likeness (QED) is 0.641. The molecule has 1 N–H and O–H groups in total. The van der Waals surface area contributed by atoms with E-state index >= 15 is 0 Å². The second kappa shape index (κ2) is 10.8. The van der Waals surface area contributed by atoms with Gasteiger partial charge in [0.15, 0.2) is 0 Å². The average Bonchev–Trinajstić information content (AvgIpc) is 2.99. The Morgan fingerprint density at radius 2 is 1.74 bits per heavy atom. The summed E-state index contributed by atoms with van der Waals surface area (Å²) < 4.78 is 46.0. The van der Waals surface area contributed by atoms with Gasteiger partial charge in [0.05, 0.1) is 23.7 Å². The lowest BCUT2D eigenvalue weighted by molar-refractivity contribution is -0.0151. The predicted molar refractivity (Wildman–Crippen MR) is 118 cm³/mol. The lowest BCUT2D eigenvalue weighted by atomic mass is 10.1. The van der Waals surface area contributed by atoms with Gasteiger partial charge < -0.3 is 9.84 Å². The van der Waals surface area contributed by atoms with Crippen LogP contribution in [-0.4, -0.2) is 68.2 Å². The number of aliphatic hydroxyl groups is 1. The van der Waals surface area contributed by atoms with Gasteiger partial charge >= 0.3 is 0 Å². The Balaban J connectivity index is 1.49. The van der Waals surface area contributed by atoms with Crippen LogP contribution in [0.5, 0.6) is 0 Å². The van der Waals surface area contributed by atoms with Gasteiger partial charge in [-0.15, -0.1) is 0 Å². The van der Waals surface area contributed by atoms with E-state index in [1.54, 1.807) is 12.1 Å². The molecule has 0 aromatic heterocycles. The van der Waals surface area contributed by atoms with Crippen molar-refractivity contribution in [3.8, 4) is 0 Å². The highest BCUT2D eigenvalue weighted by Crippen LogP contribution is 2.20. The highest BCUT2D eigenvalue weighted by molar-refractivity contribution is 7.89. The molecule has 2 aromatic rings. The molecule has 0 aliphatic carbocycles. The molecule has 2 aromatic carbocycles. The number of hydrogen-bond acceptors (Lipinski definition) is 5. The smallest absolute Gasteiger partial charge is 0.243 e. The molecule has 170 valence electrons. The largest absolute Gasteiger partial charge is 0.389 e. The van der Waals surface area contributed by atoms with E-state index in [9.17, 15) is 17.9 Å². The van der Waals surface area contributed by atoms with Crippen molar-refractivity contribution in [2.75, 3.05) is 39.3 Å². The fourth-order valence-electron chi connectivity index (χ4n) is 3.56. The van der Waals surface area contributed by atoms with Gasteiger partial charge in [0.25, 0.3) is 0 Å². The van der Waals surface area contributed by atoms with Gasteiger partial charge in [0.1, 0.15) is 5.82 Å². The van der Waals surface area contributed by atoms with Crippen LogP contribution in [0.4, 0.5) is 4.39 Å². The molecule has 9 heteroatoms. The first-order valence-corrected chi connectivity index (χ1v) is 12.1. The van der Waals surface area contributed by atoms with E-state index in [1.807, 2.05) is 24.0 Å². The topological polar surface area (TPSA) is 70.1 Å². The molecule has 2 atom stereocenters. The molecule has 0 spiro atoms. The molecule has 0 unspecified atom stereocenters. The maximum Gasteiger partial charge on any atom is 0.243 e. The summed E-state index contributed by atoms with van der Waals surface area (Å²) in [7, 11) is -3.67. The molecule has 3 rings (SSSR count). The molecule has 31 heavy (non-hydrogen) atoms. The molecule has 1 fully saturated rings. The summed E-state index contributed by atoms with van der Waals surface area (Å²) >= 11 is 5.90. The number of ether oxygens (including phenoxy) is 1. The van der Waals surface area contributed by atoms with E-state index in [-0.39, 0.29) is 17.6 Å². The Hall–Kier alpha value is -1.55. The third-order valence-corrected chi connectivity index (χ3v) is 7.51. The van der Waals surface area contributed by atoms with Crippen molar-refractivity contribution in [1.82, 2.24) is 9.21 Å². The first-order chi connectivity index (χ1) is 14.8. The van der Waals surface area contributed by atoms with Crippen LogP contribution in [0.15, 0.2) is 53.4 Å². The highest BCUT2D eigenvalue weighted by atomic mass is 35.5. The molecule has 1 heterocycles. The van der Waals surface area contributed by atoms with Crippen LogP contribution in [0, 0.1) is 5.82 Å². The minimum atomic E-state index is -3.67. The molecule has 1 saturated heterocycles. The van der Waals surface area contributed by atoms with Crippen LogP contribution in [0.3, 0.4) is 0 Å². The van der Waals surface area contributed by atoms with Gasteiger partial charge in [-0.25, -0.2) is 12.8 Å². The van der Waals surface area contributed by atoms with Gasteiger partial charge in [-0.2, -0.15) is 4.31 Å². The fourth-order valence-corrected chi connectivity index (χ4v) is 5.16. The highest BCUT2D eigenvalue weighted by Gasteiger charge is 2.27. The Kier molecular flexibility index (Phi) is 8.43. The van der Waals surface area contributed by atoms with Gasteiger partial charge in [-0.3, -0.25) is 4.90 Å². The number of halogens is 2. The second-order valence-electron chi connectivity index (χ2n) is 7.69. The summed E-state index contributed by atoms with van der Waals surface area (Å²) in [5.41, 5.74) is 0.980. The van der Waals surface area contributed by atoms with Crippen molar-refractivity contribution < 1.29 is 22.7 Å². The number of aliphatic hydroxyl groups excluding tert-OH is 1. The van der Waals surface area contributed by atoms with Crippen molar-refractivity contribution in [3.05, 3.63) is 64.9 Å². The molecule has 0 bridgehead atoms. The molecule has 0 amide bonds. The number of benzene rings is 2. The number of hydrogen-bond donors (Lipinski definition) is 1. The SMILES string of the molecule is C[C@H](OC[C@H](O)CN1CCCN(S(=O)(=O)c2ccc(F)cc2)CC1)c1ccc(Cl)cc1. The zero-order valence-electron chi connectivity index (χ0n) is 17.5. The Labute approximate surface area is 188 Å².